The van der Waals surface area contributed by atoms with E-state index in [0.717, 1.165) is 50.5 Å². The van der Waals surface area contributed by atoms with Gasteiger partial charge in [0, 0.05) is 19.1 Å². The Kier molecular flexibility index (Phi) is 12.9. The van der Waals surface area contributed by atoms with Gasteiger partial charge in [-0.3, -0.25) is 14.9 Å². The topological polar surface area (TPSA) is 90.9 Å². The molecule has 0 spiro atoms. The van der Waals surface area contributed by atoms with E-state index in [1.54, 1.807) is 6.08 Å². The Morgan fingerprint density at radius 2 is 1.60 bits per heavy atom. The van der Waals surface area contributed by atoms with Crippen molar-refractivity contribution in [2.45, 2.75) is 103 Å². The first-order chi connectivity index (χ1) is 21.3. The van der Waals surface area contributed by atoms with Crippen LogP contribution in [-0.4, -0.2) is 43.5 Å². The molecule has 2 aliphatic heterocycles. The molecule has 0 radical (unpaired) electrons. The molecule has 246 valence electrons. The second kappa shape index (κ2) is 16.2. The van der Waals surface area contributed by atoms with Crippen molar-refractivity contribution in [3.05, 3.63) is 82.5 Å². The Bertz CT molecular complexity index is 1330. The van der Waals surface area contributed by atoms with Gasteiger partial charge in [0.1, 0.15) is 0 Å². The first-order valence-corrected chi connectivity index (χ1v) is 15.3. The number of ether oxygens (including phenoxy) is 3. The molecule has 2 heterocycles. The van der Waals surface area contributed by atoms with Crippen molar-refractivity contribution in [3.63, 3.8) is 0 Å². The third-order valence-electron chi connectivity index (χ3n) is 8.10. The molecule has 0 aromatic heterocycles. The van der Waals surface area contributed by atoms with Crippen LogP contribution in [0.15, 0.2) is 76.9 Å². The first kappa shape index (κ1) is 36.0. The van der Waals surface area contributed by atoms with Gasteiger partial charge in [-0.1, -0.05) is 71.4 Å². The Hall–Kier alpha value is -3.50. The molecule has 1 saturated heterocycles. The fourth-order valence-electron chi connectivity index (χ4n) is 5.51. The van der Waals surface area contributed by atoms with Crippen molar-refractivity contribution < 1.29 is 41.8 Å². The molecule has 0 aliphatic carbocycles. The zero-order valence-corrected chi connectivity index (χ0v) is 26.7. The van der Waals surface area contributed by atoms with Gasteiger partial charge in [-0.15, -0.1) is 0 Å². The zero-order valence-electron chi connectivity index (χ0n) is 26.7. The molecule has 45 heavy (non-hydrogen) atoms. The van der Waals surface area contributed by atoms with E-state index in [0.29, 0.717) is 18.4 Å². The van der Waals surface area contributed by atoms with Crippen LogP contribution in [0, 0.1) is 5.92 Å². The van der Waals surface area contributed by atoms with E-state index >= 15 is 0 Å². The average molecular weight is 632 g/mol. The van der Waals surface area contributed by atoms with Gasteiger partial charge in [-0.2, -0.15) is 13.2 Å². The maximum Gasteiger partial charge on any atom is 0.432 e. The second-order valence-electron chi connectivity index (χ2n) is 11.9. The maximum atomic E-state index is 14.5. The fourth-order valence-corrected chi connectivity index (χ4v) is 5.51. The third kappa shape index (κ3) is 9.50. The van der Waals surface area contributed by atoms with Gasteiger partial charge in [-0.05, 0) is 78.2 Å². The number of methoxy groups -OCH3 is 1. The van der Waals surface area contributed by atoms with Gasteiger partial charge in [0.15, 0.2) is 0 Å². The average Bonchev–Trinajstić information content (AvgIpc) is 3.31. The van der Waals surface area contributed by atoms with Crippen molar-refractivity contribution in [1.29, 1.82) is 0 Å². The molecule has 1 fully saturated rings. The lowest BCUT2D eigenvalue weighted by atomic mass is 9.92. The minimum atomic E-state index is -5.16. The molecule has 10 heteroatoms. The molecule has 1 N–H and O–H groups in total. The van der Waals surface area contributed by atoms with Gasteiger partial charge in [0.05, 0.1) is 12.0 Å². The molecule has 0 saturated carbocycles. The molecule has 0 unspecified atom stereocenters. The van der Waals surface area contributed by atoms with E-state index in [9.17, 15) is 27.6 Å². The zero-order chi connectivity index (χ0) is 33.2. The summed E-state index contributed by atoms with van der Waals surface area (Å²) in [5.74, 6) is -3.53. The first-order valence-electron chi connectivity index (χ1n) is 15.3. The fraction of sp³-hybridized carbons (Fsp3) is 0.514. The number of allylic oxidation sites excluding steroid dienone is 6. The highest BCUT2D eigenvalue weighted by Crippen LogP contribution is 2.44. The highest BCUT2D eigenvalue weighted by Gasteiger charge is 2.64. The van der Waals surface area contributed by atoms with Gasteiger partial charge in [0.25, 0.3) is 5.60 Å². The van der Waals surface area contributed by atoms with Gasteiger partial charge in [0.2, 0.25) is 18.1 Å². The van der Waals surface area contributed by atoms with E-state index in [4.69, 9.17) is 14.2 Å². The number of alkyl halides is 3. The lowest BCUT2D eigenvalue weighted by molar-refractivity contribution is -0.285. The molecular formula is C35H44F3NO6. The van der Waals surface area contributed by atoms with E-state index < -0.39 is 53.4 Å². The highest BCUT2D eigenvalue weighted by molar-refractivity contribution is 6.03. The van der Waals surface area contributed by atoms with Crippen LogP contribution in [0.5, 0.6) is 0 Å². The van der Waals surface area contributed by atoms with E-state index in [1.807, 2.05) is 6.92 Å². The van der Waals surface area contributed by atoms with Crippen molar-refractivity contribution in [2.24, 2.45) is 5.92 Å². The summed E-state index contributed by atoms with van der Waals surface area (Å²) in [5, 5.41) is 2.22. The van der Waals surface area contributed by atoms with Crippen LogP contribution in [0.1, 0.15) is 84.6 Å². The van der Waals surface area contributed by atoms with Crippen molar-refractivity contribution >= 4 is 17.8 Å². The molecule has 1 aromatic carbocycles. The standard InChI is InChI=1S/C35H44F3NO6/c1-23(2)12-9-13-24(3)14-10-15-25(4)16-11-17-26-20-21-29(28-22-30(40)39-31(28)41)44-32(26)45-33(42)34(43-5,35(36,37)38)27-18-7-6-8-19-27/h6-8,12,14,16,18-20,28-29,32H,9-11,13,15,17,21-22H2,1-5H3,(H,39,40,41)/b24-14+,25-16+/t28-,29+,32+,34+/m0/s1. The van der Waals surface area contributed by atoms with Crippen LogP contribution in [0.2, 0.25) is 0 Å². The van der Waals surface area contributed by atoms with E-state index in [2.05, 4.69) is 44.3 Å². The summed E-state index contributed by atoms with van der Waals surface area (Å²) in [5.41, 5.74) is 0.439. The number of amides is 2. The Morgan fingerprint density at radius 3 is 2.16 bits per heavy atom. The summed E-state index contributed by atoms with van der Waals surface area (Å²) in [6.07, 6.45) is 5.54. The molecular weight excluding hydrogens is 587 g/mol. The molecule has 7 nitrogen and oxygen atoms in total. The van der Waals surface area contributed by atoms with Crippen LogP contribution >= 0.6 is 0 Å². The van der Waals surface area contributed by atoms with Gasteiger partial charge < -0.3 is 14.2 Å². The molecule has 4 atom stereocenters. The van der Waals surface area contributed by atoms with Crippen molar-refractivity contribution in [2.75, 3.05) is 7.11 Å². The predicted octanol–water partition coefficient (Wildman–Crippen LogP) is 7.54. The van der Waals surface area contributed by atoms with Crippen LogP contribution in [-0.2, 0) is 34.2 Å². The molecule has 2 amide bonds. The molecule has 1 aromatic rings. The van der Waals surface area contributed by atoms with Gasteiger partial charge >= 0.3 is 12.1 Å². The van der Waals surface area contributed by atoms with Crippen LogP contribution in [0.3, 0.4) is 0 Å². The predicted molar refractivity (Wildman–Crippen MR) is 165 cm³/mol. The SMILES string of the molecule is CO[C@@](C(=O)O[C@H]1O[C@@H]([C@@H]2CC(=O)NC2=O)CC=C1CC/C=C(\C)CC/C=C(\C)CCC=C(C)C)(c1ccccc1)C(F)(F)F. The van der Waals surface area contributed by atoms with Gasteiger partial charge in [-0.25, -0.2) is 4.79 Å². The summed E-state index contributed by atoms with van der Waals surface area (Å²) < 4.78 is 59.9. The Balaban J connectivity index is 1.76. The minimum Gasteiger partial charge on any atom is -0.429 e. The largest absolute Gasteiger partial charge is 0.432 e. The summed E-state index contributed by atoms with van der Waals surface area (Å²) in [7, 11) is 0.797. The van der Waals surface area contributed by atoms with E-state index in [-0.39, 0.29) is 12.8 Å². The van der Waals surface area contributed by atoms with Crippen LogP contribution < -0.4 is 5.32 Å². The number of carbonyl (C=O) groups excluding carboxylic acids is 3. The monoisotopic (exact) mass is 631 g/mol. The lowest BCUT2D eigenvalue weighted by Crippen LogP contribution is -2.53. The number of halogens is 3. The number of imide groups is 1. The summed E-state index contributed by atoms with van der Waals surface area (Å²) >= 11 is 0. The van der Waals surface area contributed by atoms with Crippen LogP contribution in [0.4, 0.5) is 13.2 Å². The van der Waals surface area contributed by atoms with Crippen LogP contribution in [0.25, 0.3) is 0 Å². The third-order valence-corrected chi connectivity index (χ3v) is 8.10. The normalized spacial score (nSPS) is 22.4. The summed E-state index contributed by atoms with van der Waals surface area (Å²) in [6, 6.07) is 6.54. The van der Waals surface area contributed by atoms with Crippen molar-refractivity contribution in [1.82, 2.24) is 5.32 Å². The minimum absolute atomic E-state index is 0.118. The van der Waals surface area contributed by atoms with E-state index in [1.165, 1.54) is 29.3 Å². The molecule has 2 aliphatic rings. The summed E-state index contributed by atoms with van der Waals surface area (Å²) in [4.78, 5) is 37.6. The number of carbonyl (C=O) groups is 3. The lowest BCUT2D eigenvalue weighted by Gasteiger charge is -2.36. The molecule has 3 rings (SSSR count). The smallest absolute Gasteiger partial charge is 0.429 e. The van der Waals surface area contributed by atoms with Crippen molar-refractivity contribution in [3.8, 4) is 0 Å². The summed E-state index contributed by atoms with van der Waals surface area (Å²) in [6.45, 7) is 8.33. The number of hydrogen-bond donors (Lipinski definition) is 1. The quantitative estimate of drug-likeness (QED) is 0.130. The number of benzene rings is 1. The molecule has 0 bridgehead atoms. The maximum absolute atomic E-state index is 14.5. The highest BCUT2D eigenvalue weighted by atomic mass is 19.4. The number of hydrogen-bond acceptors (Lipinski definition) is 6. The Labute approximate surface area is 263 Å². The number of nitrogens with one attached hydrogen (secondary N) is 1. The number of esters is 1. The Morgan fingerprint density at radius 1 is 0.978 bits per heavy atom. The number of rotatable bonds is 14. The second-order valence-corrected chi connectivity index (χ2v) is 11.9.